The van der Waals surface area contributed by atoms with Crippen molar-refractivity contribution in [3.8, 4) is 0 Å². The highest BCUT2D eigenvalue weighted by molar-refractivity contribution is 7.10. The molecule has 134 valence electrons. The Kier molecular flexibility index (Phi) is 6.23. The standard InChI is InChI=1S/C18H23N3O2S2/c1-2-7-19-16(22)11-20-17(23)12-21-8-5-14-13(6-10-25-14)18(21)15-4-3-9-24-15/h3-4,6,9-10,18H,2,5,7-8,11-12H2,1H3,(H,19,22)(H,20,23)/t18-/m0/s1. The minimum absolute atomic E-state index is 0.0417. The van der Waals surface area contributed by atoms with Crippen LogP contribution in [0.15, 0.2) is 29.0 Å². The van der Waals surface area contributed by atoms with Crippen LogP contribution in [0.3, 0.4) is 0 Å². The first-order valence-electron chi connectivity index (χ1n) is 8.56. The van der Waals surface area contributed by atoms with Crippen molar-refractivity contribution in [3.05, 3.63) is 44.3 Å². The lowest BCUT2D eigenvalue weighted by Gasteiger charge is -2.34. The first-order valence-corrected chi connectivity index (χ1v) is 10.3. The third kappa shape index (κ3) is 4.48. The maximum Gasteiger partial charge on any atom is 0.239 e. The molecule has 0 radical (unpaired) electrons. The van der Waals surface area contributed by atoms with Gasteiger partial charge in [0.15, 0.2) is 0 Å². The van der Waals surface area contributed by atoms with Gasteiger partial charge in [0, 0.05) is 22.8 Å². The Morgan fingerprint density at radius 3 is 2.84 bits per heavy atom. The van der Waals surface area contributed by atoms with Gasteiger partial charge in [0.1, 0.15) is 0 Å². The average Bonchev–Trinajstić information content (AvgIpc) is 3.29. The number of thiophene rings is 2. The van der Waals surface area contributed by atoms with E-state index in [1.54, 1.807) is 22.7 Å². The average molecular weight is 378 g/mol. The van der Waals surface area contributed by atoms with Crippen LogP contribution in [-0.2, 0) is 16.0 Å². The van der Waals surface area contributed by atoms with Gasteiger partial charge in [0.2, 0.25) is 11.8 Å². The highest BCUT2D eigenvalue weighted by Crippen LogP contribution is 2.39. The van der Waals surface area contributed by atoms with E-state index in [0.717, 1.165) is 19.4 Å². The molecule has 2 aromatic heterocycles. The normalized spacial score (nSPS) is 17.1. The van der Waals surface area contributed by atoms with E-state index in [1.165, 1.54) is 15.3 Å². The molecule has 3 heterocycles. The van der Waals surface area contributed by atoms with Crippen molar-refractivity contribution in [1.29, 1.82) is 0 Å². The predicted octanol–water partition coefficient (Wildman–Crippen LogP) is 2.40. The van der Waals surface area contributed by atoms with E-state index < -0.39 is 0 Å². The molecule has 2 N–H and O–H groups in total. The highest BCUT2D eigenvalue weighted by Gasteiger charge is 2.31. The summed E-state index contributed by atoms with van der Waals surface area (Å²) in [6, 6.07) is 6.49. The quantitative estimate of drug-likeness (QED) is 0.779. The molecule has 0 saturated heterocycles. The molecular weight excluding hydrogens is 354 g/mol. The largest absolute Gasteiger partial charge is 0.355 e. The van der Waals surface area contributed by atoms with Crippen molar-refractivity contribution in [2.24, 2.45) is 0 Å². The maximum absolute atomic E-state index is 12.3. The number of carbonyl (C=O) groups is 2. The van der Waals surface area contributed by atoms with Crippen LogP contribution in [0.5, 0.6) is 0 Å². The van der Waals surface area contributed by atoms with Crippen molar-refractivity contribution in [3.63, 3.8) is 0 Å². The summed E-state index contributed by atoms with van der Waals surface area (Å²) in [5, 5.41) is 9.71. The third-order valence-corrected chi connectivity index (χ3v) is 6.16. The summed E-state index contributed by atoms with van der Waals surface area (Å²) in [5.74, 6) is -0.240. The first kappa shape index (κ1) is 18.1. The Labute approximate surface area is 156 Å². The van der Waals surface area contributed by atoms with E-state index in [9.17, 15) is 9.59 Å². The van der Waals surface area contributed by atoms with Gasteiger partial charge in [-0.05, 0) is 41.3 Å². The van der Waals surface area contributed by atoms with E-state index in [4.69, 9.17) is 0 Å². The number of carbonyl (C=O) groups excluding carboxylic acids is 2. The summed E-state index contributed by atoms with van der Waals surface area (Å²) >= 11 is 3.52. The van der Waals surface area contributed by atoms with Gasteiger partial charge < -0.3 is 10.6 Å². The van der Waals surface area contributed by atoms with Crippen molar-refractivity contribution in [2.75, 3.05) is 26.2 Å². The predicted molar refractivity (Wildman–Crippen MR) is 102 cm³/mol. The zero-order valence-corrected chi connectivity index (χ0v) is 15.9. The van der Waals surface area contributed by atoms with Gasteiger partial charge in [0.25, 0.3) is 0 Å². The molecular formula is C18H23N3O2S2. The van der Waals surface area contributed by atoms with Gasteiger partial charge in [0.05, 0.1) is 19.1 Å². The summed E-state index contributed by atoms with van der Waals surface area (Å²) in [6.45, 7) is 3.84. The molecule has 0 aromatic carbocycles. The van der Waals surface area contributed by atoms with Gasteiger partial charge >= 0.3 is 0 Å². The summed E-state index contributed by atoms with van der Waals surface area (Å²) in [6.07, 6.45) is 1.86. The Bertz CT molecular complexity index is 712. The van der Waals surface area contributed by atoms with Gasteiger partial charge in [-0.3, -0.25) is 14.5 Å². The smallest absolute Gasteiger partial charge is 0.239 e. The second-order valence-electron chi connectivity index (χ2n) is 6.06. The number of hydrogen-bond donors (Lipinski definition) is 2. The third-order valence-electron chi connectivity index (χ3n) is 4.24. The van der Waals surface area contributed by atoms with E-state index >= 15 is 0 Å². The lowest BCUT2D eigenvalue weighted by atomic mass is 9.98. The molecule has 2 amide bonds. The summed E-state index contributed by atoms with van der Waals surface area (Å²) < 4.78 is 0. The van der Waals surface area contributed by atoms with Gasteiger partial charge in [-0.2, -0.15) is 0 Å². The maximum atomic E-state index is 12.3. The molecule has 25 heavy (non-hydrogen) atoms. The second kappa shape index (κ2) is 8.60. The molecule has 1 atom stereocenters. The van der Waals surface area contributed by atoms with E-state index in [1.807, 2.05) is 6.92 Å². The van der Waals surface area contributed by atoms with Crippen LogP contribution in [0, 0.1) is 0 Å². The molecule has 0 saturated carbocycles. The fourth-order valence-corrected chi connectivity index (χ4v) is 4.84. The molecule has 0 spiro atoms. The van der Waals surface area contributed by atoms with E-state index in [-0.39, 0.29) is 24.4 Å². The Morgan fingerprint density at radius 1 is 1.20 bits per heavy atom. The van der Waals surface area contributed by atoms with Gasteiger partial charge in [-0.25, -0.2) is 0 Å². The Morgan fingerprint density at radius 2 is 2.08 bits per heavy atom. The summed E-state index contributed by atoms with van der Waals surface area (Å²) in [7, 11) is 0. The Hall–Kier alpha value is -1.70. The van der Waals surface area contributed by atoms with Crippen LogP contribution in [-0.4, -0.2) is 42.9 Å². The lowest BCUT2D eigenvalue weighted by molar-refractivity contribution is -0.127. The van der Waals surface area contributed by atoms with Crippen molar-refractivity contribution < 1.29 is 9.59 Å². The van der Waals surface area contributed by atoms with Crippen LogP contribution in [0.1, 0.15) is 34.7 Å². The SMILES string of the molecule is CCCNC(=O)CNC(=O)CN1CCc2sccc2[C@H]1c1cccs1. The fourth-order valence-electron chi connectivity index (χ4n) is 3.06. The van der Waals surface area contributed by atoms with Crippen molar-refractivity contribution in [1.82, 2.24) is 15.5 Å². The molecule has 3 rings (SSSR count). The van der Waals surface area contributed by atoms with Crippen molar-refractivity contribution in [2.45, 2.75) is 25.8 Å². The molecule has 1 aliphatic heterocycles. The lowest BCUT2D eigenvalue weighted by Crippen LogP contribution is -2.45. The molecule has 0 unspecified atom stereocenters. The number of hydrogen-bond acceptors (Lipinski definition) is 5. The van der Waals surface area contributed by atoms with Crippen LogP contribution >= 0.6 is 22.7 Å². The zero-order valence-electron chi connectivity index (χ0n) is 14.3. The van der Waals surface area contributed by atoms with E-state index in [0.29, 0.717) is 13.1 Å². The van der Waals surface area contributed by atoms with Crippen LogP contribution in [0.4, 0.5) is 0 Å². The molecule has 7 heteroatoms. The Balaban J connectivity index is 1.63. The van der Waals surface area contributed by atoms with Crippen LogP contribution < -0.4 is 10.6 Å². The number of nitrogens with zero attached hydrogens (tertiary/aromatic N) is 1. The minimum Gasteiger partial charge on any atom is -0.355 e. The van der Waals surface area contributed by atoms with Gasteiger partial charge in [-0.15, -0.1) is 22.7 Å². The minimum atomic E-state index is -0.135. The number of rotatable bonds is 7. The molecule has 0 bridgehead atoms. The molecule has 5 nitrogen and oxygen atoms in total. The number of nitrogens with one attached hydrogen (secondary N) is 2. The van der Waals surface area contributed by atoms with Crippen LogP contribution in [0.25, 0.3) is 0 Å². The monoisotopic (exact) mass is 377 g/mol. The highest BCUT2D eigenvalue weighted by atomic mass is 32.1. The van der Waals surface area contributed by atoms with Crippen LogP contribution in [0.2, 0.25) is 0 Å². The second-order valence-corrected chi connectivity index (χ2v) is 8.04. The van der Waals surface area contributed by atoms with Crippen molar-refractivity contribution >= 4 is 34.5 Å². The summed E-state index contributed by atoms with van der Waals surface area (Å²) in [5.41, 5.74) is 1.31. The molecule has 0 aliphatic carbocycles. The fraction of sp³-hybridized carbons (Fsp3) is 0.444. The molecule has 2 aromatic rings. The summed E-state index contributed by atoms with van der Waals surface area (Å²) in [4.78, 5) is 28.8. The zero-order chi connectivity index (χ0) is 17.6. The molecule has 0 fully saturated rings. The van der Waals surface area contributed by atoms with E-state index in [2.05, 4.69) is 44.5 Å². The number of amides is 2. The molecule has 1 aliphatic rings. The van der Waals surface area contributed by atoms with Gasteiger partial charge in [-0.1, -0.05) is 13.0 Å². The first-order chi connectivity index (χ1) is 12.2. The topological polar surface area (TPSA) is 61.4 Å². The number of fused-ring (bicyclic) bond motifs is 1.